The van der Waals surface area contributed by atoms with E-state index in [9.17, 15) is 0 Å². The Morgan fingerprint density at radius 1 is 0.625 bits per heavy atom. The molecule has 0 saturated heterocycles. The Balaban J connectivity index is 3.24. The highest BCUT2D eigenvalue weighted by atomic mass is 16.3. The number of unbranched alkanes of at least 4 members (excludes halogenated alkanes) is 13. The molecule has 0 heterocycles. The van der Waals surface area contributed by atoms with Gasteiger partial charge in [-0.25, -0.2) is 0 Å². The molecule has 144 valence electrons. The Labute approximate surface area is 151 Å². The van der Waals surface area contributed by atoms with Gasteiger partial charge in [0.2, 0.25) is 0 Å². The number of nitrogens with zero attached hydrogens (tertiary/aromatic N) is 1. The summed E-state index contributed by atoms with van der Waals surface area (Å²) < 4.78 is 0. The van der Waals surface area contributed by atoms with Crippen LogP contribution in [0.2, 0.25) is 0 Å². The molecule has 24 heavy (non-hydrogen) atoms. The third-order valence-corrected chi connectivity index (χ3v) is 4.56. The molecule has 0 aromatic rings. The van der Waals surface area contributed by atoms with Crippen molar-refractivity contribution in [1.29, 1.82) is 0 Å². The van der Waals surface area contributed by atoms with Crippen LogP contribution in [0.5, 0.6) is 0 Å². The van der Waals surface area contributed by atoms with E-state index in [-0.39, 0.29) is 13.2 Å². The Bertz CT molecular complexity index is 250. The maximum atomic E-state index is 8.93. The van der Waals surface area contributed by atoms with Gasteiger partial charge in [-0.05, 0) is 19.0 Å². The number of hydrogen-bond acceptors (Lipinski definition) is 3. The number of allylic oxidation sites excluding steroid dienone is 1. The fourth-order valence-electron chi connectivity index (χ4n) is 3.02. The van der Waals surface area contributed by atoms with Crippen LogP contribution in [0.4, 0.5) is 0 Å². The van der Waals surface area contributed by atoms with E-state index in [2.05, 4.69) is 13.0 Å². The van der Waals surface area contributed by atoms with E-state index in [0.29, 0.717) is 13.1 Å². The van der Waals surface area contributed by atoms with Crippen molar-refractivity contribution in [3.63, 3.8) is 0 Å². The number of hydrogen-bond donors (Lipinski definition) is 2. The normalized spacial score (nSPS) is 11.5. The molecule has 0 atom stereocenters. The van der Waals surface area contributed by atoms with E-state index >= 15 is 0 Å². The number of aliphatic hydroxyl groups excluding tert-OH is 2. The third kappa shape index (κ3) is 17.8. The standard InChI is InChI=1S/C21H43NO2/c1-2-3-4-5-6-7-8-9-10-11-12-13-14-15-16-17-22(18-20-23)19-21-24/h16-17,23-24H,2-15,18-21H2,1H3. The molecule has 0 aliphatic heterocycles. The van der Waals surface area contributed by atoms with Crippen LogP contribution in [0.1, 0.15) is 96.8 Å². The molecule has 0 spiro atoms. The number of rotatable bonds is 19. The molecule has 0 unspecified atom stereocenters. The average molecular weight is 342 g/mol. The lowest BCUT2D eigenvalue weighted by Gasteiger charge is -2.17. The molecule has 0 fully saturated rings. The van der Waals surface area contributed by atoms with E-state index in [1.165, 1.54) is 83.5 Å². The Morgan fingerprint density at radius 3 is 1.46 bits per heavy atom. The molecule has 0 bridgehead atoms. The topological polar surface area (TPSA) is 43.7 Å². The van der Waals surface area contributed by atoms with Crippen molar-refractivity contribution in [2.45, 2.75) is 96.8 Å². The van der Waals surface area contributed by atoms with Gasteiger partial charge in [-0.2, -0.15) is 0 Å². The molecule has 0 aliphatic rings. The fourth-order valence-corrected chi connectivity index (χ4v) is 3.02. The van der Waals surface area contributed by atoms with Crippen molar-refractivity contribution in [3.8, 4) is 0 Å². The first-order valence-electron chi connectivity index (χ1n) is 10.5. The summed E-state index contributed by atoms with van der Waals surface area (Å²) >= 11 is 0. The predicted molar refractivity (Wildman–Crippen MR) is 105 cm³/mol. The third-order valence-electron chi connectivity index (χ3n) is 4.56. The summed E-state index contributed by atoms with van der Waals surface area (Å²) in [7, 11) is 0. The van der Waals surface area contributed by atoms with E-state index in [1.807, 2.05) is 11.1 Å². The molecular formula is C21H43NO2. The second-order valence-corrected chi connectivity index (χ2v) is 6.90. The van der Waals surface area contributed by atoms with Crippen LogP contribution in [0.3, 0.4) is 0 Å². The first kappa shape index (κ1) is 23.5. The van der Waals surface area contributed by atoms with Gasteiger partial charge in [0, 0.05) is 13.1 Å². The smallest absolute Gasteiger partial charge is 0.0606 e. The minimum absolute atomic E-state index is 0.142. The SMILES string of the molecule is CCCCCCCCCCCCCCCC=CN(CCO)CCO. The lowest BCUT2D eigenvalue weighted by molar-refractivity contribution is 0.198. The van der Waals surface area contributed by atoms with Gasteiger partial charge >= 0.3 is 0 Å². The molecular weight excluding hydrogens is 298 g/mol. The summed E-state index contributed by atoms with van der Waals surface area (Å²) in [4.78, 5) is 1.97. The summed E-state index contributed by atoms with van der Waals surface area (Å²) in [5, 5.41) is 17.9. The van der Waals surface area contributed by atoms with Crippen LogP contribution in [-0.2, 0) is 0 Å². The minimum atomic E-state index is 0.142. The van der Waals surface area contributed by atoms with E-state index in [0.717, 1.165) is 6.42 Å². The highest BCUT2D eigenvalue weighted by Gasteiger charge is 1.96. The molecule has 0 aliphatic carbocycles. The lowest BCUT2D eigenvalue weighted by Crippen LogP contribution is -2.24. The van der Waals surface area contributed by atoms with Crippen LogP contribution in [0.25, 0.3) is 0 Å². The predicted octanol–water partition coefficient (Wildman–Crippen LogP) is 5.27. The molecule has 2 N–H and O–H groups in total. The second-order valence-electron chi connectivity index (χ2n) is 6.90. The van der Waals surface area contributed by atoms with Gasteiger partial charge in [0.05, 0.1) is 13.2 Å². The van der Waals surface area contributed by atoms with Crippen molar-refractivity contribution < 1.29 is 10.2 Å². The molecule has 3 nitrogen and oxygen atoms in total. The highest BCUT2D eigenvalue weighted by Crippen LogP contribution is 2.13. The van der Waals surface area contributed by atoms with Gasteiger partial charge in [0.1, 0.15) is 0 Å². The second kappa shape index (κ2) is 20.5. The van der Waals surface area contributed by atoms with Crippen LogP contribution in [0.15, 0.2) is 12.3 Å². The van der Waals surface area contributed by atoms with Crippen molar-refractivity contribution in [2.24, 2.45) is 0 Å². The van der Waals surface area contributed by atoms with E-state index < -0.39 is 0 Å². The maximum Gasteiger partial charge on any atom is 0.0606 e. The summed E-state index contributed by atoms with van der Waals surface area (Å²) in [5.41, 5.74) is 0. The maximum absolute atomic E-state index is 8.93. The van der Waals surface area contributed by atoms with Crippen LogP contribution in [-0.4, -0.2) is 41.4 Å². The summed E-state index contributed by atoms with van der Waals surface area (Å²) in [6.45, 7) is 3.77. The zero-order valence-corrected chi connectivity index (χ0v) is 16.2. The number of aliphatic hydroxyl groups is 2. The molecule has 0 aromatic carbocycles. The average Bonchev–Trinajstić information content (AvgIpc) is 2.58. The summed E-state index contributed by atoms with van der Waals surface area (Å²) in [5.74, 6) is 0. The quantitative estimate of drug-likeness (QED) is 0.315. The Kier molecular flexibility index (Phi) is 20.0. The molecule has 0 saturated carbocycles. The van der Waals surface area contributed by atoms with Gasteiger partial charge in [0.25, 0.3) is 0 Å². The highest BCUT2D eigenvalue weighted by molar-refractivity contribution is 4.82. The van der Waals surface area contributed by atoms with Gasteiger partial charge in [-0.3, -0.25) is 0 Å². The molecule has 0 rings (SSSR count). The van der Waals surface area contributed by atoms with E-state index in [4.69, 9.17) is 10.2 Å². The molecule has 0 radical (unpaired) electrons. The first-order valence-corrected chi connectivity index (χ1v) is 10.5. The molecule has 3 heteroatoms. The van der Waals surface area contributed by atoms with Gasteiger partial charge in [-0.1, -0.05) is 90.0 Å². The van der Waals surface area contributed by atoms with Gasteiger partial charge in [-0.15, -0.1) is 0 Å². The van der Waals surface area contributed by atoms with Crippen molar-refractivity contribution in [3.05, 3.63) is 12.3 Å². The Hall–Kier alpha value is -0.540. The monoisotopic (exact) mass is 341 g/mol. The fraction of sp³-hybridized carbons (Fsp3) is 0.905. The van der Waals surface area contributed by atoms with Crippen LogP contribution >= 0.6 is 0 Å². The molecule has 0 aromatic heterocycles. The lowest BCUT2D eigenvalue weighted by atomic mass is 10.0. The zero-order valence-electron chi connectivity index (χ0n) is 16.2. The van der Waals surface area contributed by atoms with Crippen molar-refractivity contribution in [1.82, 2.24) is 4.90 Å². The van der Waals surface area contributed by atoms with Crippen LogP contribution < -0.4 is 0 Å². The molecule has 0 amide bonds. The largest absolute Gasteiger partial charge is 0.395 e. The zero-order chi connectivity index (χ0) is 17.7. The van der Waals surface area contributed by atoms with Gasteiger partial charge < -0.3 is 15.1 Å². The van der Waals surface area contributed by atoms with Crippen molar-refractivity contribution >= 4 is 0 Å². The van der Waals surface area contributed by atoms with Gasteiger partial charge in [0.15, 0.2) is 0 Å². The summed E-state index contributed by atoms with van der Waals surface area (Å²) in [6, 6.07) is 0. The van der Waals surface area contributed by atoms with Crippen LogP contribution in [0, 0.1) is 0 Å². The first-order chi connectivity index (χ1) is 11.8. The summed E-state index contributed by atoms with van der Waals surface area (Å²) in [6.07, 6.45) is 23.4. The van der Waals surface area contributed by atoms with Crippen molar-refractivity contribution in [2.75, 3.05) is 26.3 Å². The van der Waals surface area contributed by atoms with E-state index in [1.54, 1.807) is 0 Å². The minimum Gasteiger partial charge on any atom is -0.395 e. The Morgan fingerprint density at radius 2 is 1.04 bits per heavy atom.